The number of unbranched alkanes of at least 4 members (excludes halogenated alkanes) is 2. The van der Waals surface area contributed by atoms with E-state index in [9.17, 15) is 48.8 Å². The molecule has 2 atom stereocenters. The molecule has 2 unspecified atom stereocenters. The van der Waals surface area contributed by atoms with E-state index in [1.54, 1.807) is 37.5 Å². The van der Waals surface area contributed by atoms with Gasteiger partial charge < -0.3 is 47.7 Å². The van der Waals surface area contributed by atoms with Gasteiger partial charge in [-0.25, -0.2) is 8.42 Å². The molecule has 2 aromatic rings. The minimum atomic E-state index is -4.83. The predicted octanol–water partition coefficient (Wildman–Crippen LogP) is 5.05. The van der Waals surface area contributed by atoms with Gasteiger partial charge in [0.2, 0.25) is 5.69 Å². The van der Waals surface area contributed by atoms with Crippen LogP contribution in [0.4, 0.5) is 11.4 Å². The van der Waals surface area contributed by atoms with Crippen molar-refractivity contribution in [2.75, 3.05) is 117 Å². The summed E-state index contributed by atoms with van der Waals surface area (Å²) in [6.07, 6.45) is 11.3. The minimum Gasteiger partial charge on any atom is -0.744 e. The lowest BCUT2D eigenvalue weighted by molar-refractivity contribution is -0.441. The van der Waals surface area contributed by atoms with E-state index in [0.717, 1.165) is 5.70 Å². The van der Waals surface area contributed by atoms with Crippen molar-refractivity contribution >= 4 is 53.4 Å². The molecule has 0 amide bonds. The number of anilines is 1. The van der Waals surface area contributed by atoms with E-state index in [4.69, 9.17) is 33.2 Å². The van der Waals surface area contributed by atoms with Gasteiger partial charge in [0, 0.05) is 68.3 Å². The molecule has 4 rings (SSSR count). The van der Waals surface area contributed by atoms with Crippen molar-refractivity contribution in [3.05, 3.63) is 83.6 Å². The molecule has 0 bridgehead atoms. The smallest absolute Gasteiger partial charge is 0.303 e. The van der Waals surface area contributed by atoms with E-state index < -0.39 is 52.9 Å². The quantitative estimate of drug-likeness (QED) is 0.0349. The summed E-state index contributed by atoms with van der Waals surface area (Å²) >= 11 is 0. The zero-order valence-corrected chi connectivity index (χ0v) is 43.4. The third-order valence-corrected chi connectivity index (χ3v) is 14.8. The third kappa shape index (κ3) is 18.2. The Labute approximate surface area is 418 Å². The Balaban J connectivity index is 1.59. The number of ether oxygens (including phenoxy) is 7. The van der Waals surface area contributed by atoms with Gasteiger partial charge >= 0.3 is 5.97 Å². The summed E-state index contributed by atoms with van der Waals surface area (Å²) in [6, 6.07) is 8.53. The molecule has 398 valence electrons. The maximum absolute atomic E-state index is 12.3. The van der Waals surface area contributed by atoms with Gasteiger partial charge in [-0.2, -0.15) is 21.4 Å². The average molecular weight is 1060 g/mol. The molecule has 2 aromatic carbocycles. The number of carboxylic acid groups (broad SMARTS) is 1. The molecular weight excluding hydrogens is 989 g/mol. The second-order valence-corrected chi connectivity index (χ2v) is 21.7. The third-order valence-electron chi connectivity index (χ3n) is 12.3. The molecule has 0 radical (unpaired) electrons. The van der Waals surface area contributed by atoms with Gasteiger partial charge in [-0.3, -0.25) is 13.9 Å². The minimum absolute atomic E-state index is 0.0145. The first-order valence-electron chi connectivity index (χ1n) is 23.4. The van der Waals surface area contributed by atoms with Crippen molar-refractivity contribution in [1.82, 2.24) is 0 Å². The lowest BCUT2D eigenvalue weighted by Gasteiger charge is -2.30. The van der Waals surface area contributed by atoms with Gasteiger partial charge in [0.1, 0.15) is 16.7 Å². The summed E-state index contributed by atoms with van der Waals surface area (Å²) in [5, 5.41) is 9.23. The maximum Gasteiger partial charge on any atom is 0.303 e. The molecule has 0 spiro atoms. The first-order chi connectivity index (χ1) is 33.7. The fourth-order valence-corrected chi connectivity index (χ4v) is 10.2. The Bertz CT molecular complexity index is 2530. The fourth-order valence-electron chi connectivity index (χ4n) is 8.66. The van der Waals surface area contributed by atoms with Crippen LogP contribution in [0.1, 0.15) is 69.9 Å². The van der Waals surface area contributed by atoms with Crippen LogP contribution in [0.3, 0.4) is 0 Å². The highest BCUT2D eigenvalue weighted by atomic mass is 32.2. The number of nitrogens with zero attached hydrogens (tertiary/aromatic N) is 2. The molecule has 0 saturated heterocycles. The Kier molecular flexibility index (Phi) is 23.9. The van der Waals surface area contributed by atoms with Crippen LogP contribution < -0.4 is 4.90 Å². The average Bonchev–Trinajstić information content (AvgIpc) is 3.67. The van der Waals surface area contributed by atoms with Crippen molar-refractivity contribution in [3.8, 4) is 0 Å². The summed E-state index contributed by atoms with van der Waals surface area (Å²) < 4.78 is 145. The standard InChI is InChI=1S/C48H70N2O18S3/c1-47(19-11-35-69(53,54)55)40-36-38(70(56,57)58)16-18-43(40)50(22-24-62-3)44(47)12-7-5-8-13-45-48(2,20-23-64-27-28-66-31-32-68-34-33-67-30-29-65-26-25-63-4)41-37-39(71(59,60)61)15-17-42(41)49(45)21-10-6-9-14-46(51)52/h5,7-8,12-13,15-18,36-37H,6,9-11,14,19-35H2,1-4H3,(H3-,51,52,53,54,55,56,57,58,59,60,61). The number of hydrogen-bond acceptors (Lipinski definition) is 16. The van der Waals surface area contributed by atoms with E-state index in [-0.39, 0.29) is 48.9 Å². The van der Waals surface area contributed by atoms with E-state index in [2.05, 4.69) is 0 Å². The first-order valence-corrected chi connectivity index (χ1v) is 27.9. The lowest BCUT2D eigenvalue weighted by atomic mass is 9.76. The van der Waals surface area contributed by atoms with Crippen molar-refractivity contribution in [2.45, 2.75) is 79.4 Å². The second-order valence-electron chi connectivity index (χ2n) is 17.3. The van der Waals surface area contributed by atoms with E-state index in [1.165, 1.54) is 31.4 Å². The van der Waals surface area contributed by atoms with Crippen LogP contribution in [0.15, 0.2) is 82.3 Å². The van der Waals surface area contributed by atoms with Gasteiger partial charge in [0.15, 0.2) is 12.3 Å². The molecular formula is C48H70N2O18S3. The fraction of sp³-hybridized carbons (Fsp3) is 0.583. The number of rotatable bonds is 36. The Morgan fingerprint density at radius 3 is 1.82 bits per heavy atom. The number of methoxy groups -OCH3 is 2. The molecule has 20 nitrogen and oxygen atoms in total. The van der Waals surface area contributed by atoms with Crippen molar-refractivity contribution in [3.63, 3.8) is 0 Å². The monoisotopic (exact) mass is 1060 g/mol. The van der Waals surface area contributed by atoms with Crippen LogP contribution in [0.2, 0.25) is 0 Å². The molecule has 3 N–H and O–H groups in total. The normalized spacial score (nSPS) is 19.0. The molecule has 71 heavy (non-hydrogen) atoms. The summed E-state index contributed by atoms with van der Waals surface area (Å²) in [7, 11) is -10.6. The SMILES string of the molecule is COCCOCCOCCOCCOCCOCCC1(C)\C(=C/C=C/C=C/C2=[N+](CCOC)c3ccc(S(=O)(=O)O)cc3C2(C)CCCS(=O)(=O)O)N(CCCCCC(=O)O)c2ccc(S(=O)(=O)[O-])cc21. The molecule has 0 aromatic heterocycles. The Hall–Kier alpha value is -3.95. The molecule has 0 fully saturated rings. The number of benzene rings is 2. The Morgan fingerprint density at radius 2 is 1.25 bits per heavy atom. The largest absolute Gasteiger partial charge is 0.744 e. The van der Waals surface area contributed by atoms with Gasteiger partial charge in [0.25, 0.3) is 20.2 Å². The number of fused-ring (bicyclic) bond motifs is 2. The molecule has 0 aliphatic carbocycles. The number of hydrogen-bond donors (Lipinski definition) is 3. The molecule has 2 aliphatic heterocycles. The summed E-state index contributed by atoms with van der Waals surface area (Å²) in [5.41, 5.74) is 2.02. The maximum atomic E-state index is 12.3. The lowest BCUT2D eigenvalue weighted by Crippen LogP contribution is -2.32. The van der Waals surface area contributed by atoms with E-state index in [1.807, 2.05) is 35.5 Å². The van der Waals surface area contributed by atoms with Gasteiger partial charge in [-0.05, 0) is 87.9 Å². The molecule has 2 aliphatic rings. The van der Waals surface area contributed by atoms with Gasteiger partial charge in [-0.1, -0.05) is 24.6 Å². The van der Waals surface area contributed by atoms with Crippen molar-refractivity contribution in [2.24, 2.45) is 0 Å². The highest BCUT2D eigenvalue weighted by molar-refractivity contribution is 7.86. The highest BCUT2D eigenvalue weighted by Gasteiger charge is 2.48. The van der Waals surface area contributed by atoms with Crippen molar-refractivity contribution < 1.29 is 86.5 Å². The molecule has 23 heteroatoms. The van der Waals surface area contributed by atoms with Crippen LogP contribution >= 0.6 is 0 Å². The van der Waals surface area contributed by atoms with Gasteiger partial charge in [-0.15, -0.1) is 0 Å². The number of carbonyl (C=O) groups is 1. The van der Waals surface area contributed by atoms with E-state index >= 15 is 0 Å². The van der Waals surface area contributed by atoms with Gasteiger partial charge in [0.05, 0.1) is 87.0 Å². The molecule has 2 heterocycles. The summed E-state index contributed by atoms with van der Waals surface area (Å²) in [6.45, 7) is 9.10. The zero-order valence-electron chi connectivity index (χ0n) is 41.0. The van der Waals surface area contributed by atoms with Crippen LogP contribution in [0, 0.1) is 0 Å². The van der Waals surface area contributed by atoms with Crippen LogP contribution in [0.5, 0.6) is 0 Å². The Morgan fingerprint density at radius 1 is 0.676 bits per heavy atom. The number of carboxylic acids is 1. The van der Waals surface area contributed by atoms with Crippen molar-refractivity contribution in [1.29, 1.82) is 0 Å². The predicted molar refractivity (Wildman–Crippen MR) is 263 cm³/mol. The van der Waals surface area contributed by atoms with Crippen LogP contribution in [-0.2, 0) is 79.1 Å². The first kappa shape index (κ1) is 59.6. The summed E-state index contributed by atoms with van der Waals surface area (Å²) in [4.78, 5) is 12.6. The zero-order chi connectivity index (χ0) is 52.1. The number of aliphatic carboxylic acids is 1. The second kappa shape index (κ2) is 28.5. The van der Waals surface area contributed by atoms with Crippen LogP contribution in [-0.4, -0.2) is 173 Å². The van der Waals surface area contributed by atoms with Crippen LogP contribution in [0.25, 0.3) is 0 Å². The summed E-state index contributed by atoms with van der Waals surface area (Å²) in [5.74, 6) is -1.43. The highest BCUT2D eigenvalue weighted by Crippen LogP contribution is 2.51. The van der Waals surface area contributed by atoms with E-state index in [0.29, 0.717) is 126 Å². The topological polar surface area (TPSA) is 274 Å². The molecule has 0 saturated carbocycles. The number of allylic oxidation sites excluding steroid dienone is 6.